The second kappa shape index (κ2) is 13.5. The minimum atomic E-state index is -0.442. The highest BCUT2D eigenvalue weighted by Gasteiger charge is 2.31. The third-order valence-corrected chi connectivity index (χ3v) is 6.20. The molecule has 0 aliphatic carbocycles. The number of carbonyl (C=O) groups excluding carboxylic acids is 2. The minimum Gasteiger partial charge on any atom is -0.351 e. The average molecular weight is 522 g/mol. The van der Waals surface area contributed by atoms with Gasteiger partial charge in [-0.3, -0.25) is 9.59 Å². The lowest BCUT2D eigenvalue weighted by Crippen LogP contribution is -2.53. The normalized spacial score (nSPS) is 15.5. The zero-order valence-electron chi connectivity index (χ0n) is 20.1. The van der Waals surface area contributed by atoms with Crippen molar-refractivity contribution in [3.05, 3.63) is 10.7 Å². The maximum absolute atomic E-state index is 12.4. The van der Waals surface area contributed by atoms with Gasteiger partial charge in [0.05, 0.1) is 12.5 Å². The first kappa shape index (κ1) is 29.9. The largest absolute Gasteiger partial charge is 0.351 e. The van der Waals surface area contributed by atoms with Crippen LogP contribution < -0.4 is 10.6 Å². The van der Waals surface area contributed by atoms with Gasteiger partial charge in [-0.05, 0) is 47.0 Å². The number of hydrogen-bond acceptors (Lipinski definition) is 3. The lowest BCUT2D eigenvalue weighted by atomic mass is 9.86. The molecule has 178 valence electrons. The zero-order valence-corrected chi connectivity index (χ0v) is 22.5. The van der Waals surface area contributed by atoms with Gasteiger partial charge in [0.1, 0.15) is 13.6 Å². The number of halogens is 2. The molecule has 0 rings (SSSR count). The second-order valence-corrected chi connectivity index (χ2v) is 10.8. The van der Waals surface area contributed by atoms with E-state index in [1.54, 1.807) is 7.11 Å². The van der Waals surface area contributed by atoms with Gasteiger partial charge in [0.2, 0.25) is 16.4 Å². The fourth-order valence-electron chi connectivity index (χ4n) is 3.73. The van der Waals surface area contributed by atoms with Crippen LogP contribution in [-0.4, -0.2) is 53.6 Å². The highest BCUT2D eigenvalue weighted by Crippen LogP contribution is 2.25. The molecular weight excluding hydrogens is 482 g/mol. The Hall–Kier alpha value is -1.07. The van der Waals surface area contributed by atoms with Crippen LogP contribution in [0.15, 0.2) is 10.7 Å². The molecule has 6 nitrogen and oxygen atoms in total. The third-order valence-electron chi connectivity index (χ3n) is 4.84. The number of rotatable bonds is 14. The van der Waals surface area contributed by atoms with E-state index < -0.39 is 11.1 Å². The van der Waals surface area contributed by atoms with Crippen LogP contribution in [-0.2, 0) is 14.4 Å². The number of allylic oxidation sites excluding steroid dienone is 1. The molecule has 0 aromatic rings. The Morgan fingerprint density at radius 2 is 1.81 bits per heavy atom. The Balaban J connectivity index is 4.62. The van der Waals surface area contributed by atoms with Gasteiger partial charge in [-0.15, -0.1) is 28.6 Å². The Kier molecular flexibility index (Phi) is 13.0. The van der Waals surface area contributed by atoms with Crippen LogP contribution in [0.3, 0.4) is 0 Å². The molecule has 0 saturated carbocycles. The fourth-order valence-corrected chi connectivity index (χ4v) is 4.79. The third kappa shape index (κ3) is 13.2. The molecule has 8 heteroatoms. The molecule has 0 aliphatic rings. The lowest BCUT2D eigenvalue weighted by Gasteiger charge is -2.36. The van der Waals surface area contributed by atoms with Crippen molar-refractivity contribution in [3.63, 3.8) is 0 Å². The Bertz CT molecular complexity index is 673. The summed E-state index contributed by atoms with van der Waals surface area (Å²) in [5.74, 6) is 2.53. The molecule has 0 aliphatic heterocycles. The summed E-state index contributed by atoms with van der Waals surface area (Å²) in [6.07, 6.45) is 11.1. The molecule has 2 unspecified atom stereocenters. The van der Waals surface area contributed by atoms with E-state index in [-0.39, 0.29) is 21.8 Å². The number of quaternary nitrogens is 1. The standard InChI is InChI=1S/C23H39BrClN3O3/c1-9-10-11-15-28(7,31-8)20(24)16-19(25)13-12-14-21(30)27-23(5,6)17-22(3,4)26-18(2)29/h1,16,19H,10-15,17H2,2-8H3,(H-,26,27,29,30)/p+1/b20-16+. The van der Waals surface area contributed by atoms with Crippen LogP contribution in [0.1, 0.15) is 73.1 Å². The van der Waals surface area contributed by atoms with Gasteiger partial charge in [-0.25, -0.2) is 4.84 Å². The molecule has 0 aromatic carbocycles. The topological polar surface area (TPSA) is 67.4 Å². The van der Waals surface area contributed by atoms with Crippen LogP contribution >= 0.6 is 27.5 Å². The van der Waals surface area contributed by atoms with Gasteiger partial charge in [0, 0.05) is 59.3 Å². The van der Waals surface area contributed by atoms with E-state index in [1.807, 2.05) is 40.8 Å². The summed E-state index contributed by atoms with van der Waals surface area (Å²) in [5, 5.41) is 5.75. The predicted octanol–water partition coefficient (Wildman–Crippen LogP) is 4.62. The molecule has 2 atom stereocenters. The van der Waals surface area contributed by atoms with Gasteiger partial charge < -0.3 is 10.6 Å². The summed E-state index contributed by atoms with van der Waals surface area (Å²) in [6, 6.07) is 0. The van der Waals surface area contributed by atoms with Crippen molar-refractivity contribution in [1.29, 1.82) is 0 Å². The molecule has 0 heterocycles. The van der Waals surface area contributed by atoms with Crippen LogP contribution in [0.5, 0.6) is 0 Å². The Morgan fingerprint density at radius 1 is 1.23 bits per heavy atom. The maximum Gasteiger partial charge on any atom is 0.220 e. The van der Waals surface area contributed by atoms with Crippen molar-refractivity contribution in [1.82, 2.24) is 10.6 Å². The van der Waals surface area contributed by atoms with E-state index in [2.05, 4.69) is 32.5 Å². The molecule has 31 heavy (non-hydrogen) atoms. The fraction of sp³-hybridized carbons (Fsp3) is 0.739. The minimum absolute atomic E-state index is 0.0256. The van der Waals surface area contributed by atoms with Crippen LogP contribution in [0.4, 0.5) is 0 Å². The van der Waals surface area contributed by atoms with E-state index in [0.29, 0.717) is 32.1 Å². The molecule has 2 N–H and O–H groups in total. The predicted molar refractivity (Wildman–Crippen MR) is 131 cm³/mol. The zero-order chi connectivity index (χ0) is 24.3. The number of nitrogens with one attached hydrogen (secondary N) is 2. The molecule has 0 spiro atoms. The number of nitrogens with zero attached hydrogens (tertiary/aromatic N) is 1. The summed E-state index contributed by atoms with van der Waals surface area (Å²) < 4.78 is 1.08. The van der Waals surface area contributed by atoms with Crippen LogP contribution in [0, 0.1) is 12.3 Å². The Labute approximate surface area is 202 Å². The number of amides is 2. The van der Waals surface area contributed by atoms with Crippen molar-refractivity contribution >= 4 is 39.3 Å². The van der Waals surface area contributed by atoms with Crippen molar-refractivity contribution in [2.24, 2.45) is 0 Å². The van der Waals surface area contributed by atoms with Crippen LogP contribution in [0.25, 0.3) is 0 Å². The summed E-state index contributed by atoms with van der Waals surface area (Å²) in [4.78, 5) is 29.4. The molecule has 0 radical (unpaired) electrons. The van der Waals surface area contributed by atoms with E-state index >= 15 is 0 Å². The first-order chi connectivity index (χ1) is 14.2. The number of terminal acetylenes is 1. The number of hydrogen-bond donors (Lipinski definition) is 2. The van der Waals surface area contributed by atoms with Gasteiger partial charge >= 0.3 is 0 Å². The van der Waals surface area contributed by atoms with E-state index in [4.69, 9.17) is 22.9 Å². The Morgan fingerprint density at radius 3 is 2.32 bits per heavy atom. The number of alkyl halides is 1. The van der Waals surface area contributed by atoms with Crippen molar-refractivity contribution in [2.45, 2.75) is 89.6 Å². The highest BCUT2D eigenvalue weighted by molar-refractivity contribution is 9.11. The summed E-state index contributed by atoms with van der Waals surface area (Å²) in [7, 11) is 3.59. The number of carbonyl (C=O) groups is 2. The quantitative estimate of drug-likeness (QED) is 0.0875. The SMILES string of the molecule is C#CCCC[N+](C)(OC)/C(Br)=C/C(Cl)CCCC(=O)NC(C)(C)CC(C)(C)NC(C)=O. The smallest absolute Gasteiger partial charge is 0.220 e. The van der Waals surface area contributed by atoms with Gasteiger partial charge in [-0.1, -0.05) is 0 Å². The van der Waals surface area contributed by atoms with Gasteiger partial charge in [0.25, 0.3) is 0 Å². The molecule has 0 bridgehead atoms. The second-order valence-electron chi connectivity index (χ2n) is 9.39. The summed E-state index contributed by atoms with van der Waals surface area (Å²) in [6.45, 7) is 10.0. The van der Waals surface area contributed by atoms with Crippen molar-refractivity contribution < 1.29 is 19.1 Å². The molecule has 0 saturated heterocycles. The van der Waals surface area contributed by atoms with Gasteiger partial charge in [0.15, 0.2) is 0 Å². The molecular formula is C23H40BrClN3O3+. The number of unbranched alkanes of at least 4 members (excludes halogenated alkanes) is 1. The summed E-state index contributed by atoms with van der Waals surface area (Å²) in [5.41, 5.74) is -0.851. The molecule has 0 aromatic heterocycles. The molecule has 2 amide bonds. The first-order valence-corrected chi connectivity index (χ1v) is 11.9. The van der Waals surface area contributed by atoms with E-state index in [9.17, 15) is 9.59 Å². The monoisotopic (exact) mass is 520 g/mol. The van der Waals surface area contributed by atoms with Gasteiger partial charge in [-0.2, -0.15) is 0 Å². The average Bonchev–Trinajstić information content (AvgIpc) is 2.58. The lowest BCUT2D eigenvalue weighted by molar-refractivity contribution is -1.05. The first-order valence-electron chi connectivity index (χ1n) is 10.6. The van der Waals surface area contributed by atoms with E-state index in [1.165, 1.54) is 6.92 Å². The van der Waals surface area contributed by atoms with E-state index in [0.717, 1.165) is 17.6 Å². The van der Waals surface area contributed by atoms with Crippen LogP contribution in [0.2, 0.25) is 0 Å². The van der Waals surface area contributed by atoms with Crippen molar-refractivity contribution in [3.8, 4) is 12.3 Å². The number of hydroxylamine groups is 3. The summed E-state index contributed by atoms with van der Waals surface area (Å²) >= 11 is 10.1. The maximum atomic E-state index is 12.4. The highest BCUT2D eigenvalue weighted by atomic mass is 79.9. The molecule has 0 fully saturated rings. The van der Waals surface area contributed by atoms with Crippen molar-refractivity contribution in [2.75, 3.05) is 20.7 Å².